The van der Waals surface area contributed by atoms with E-state index < -0.39 is 47.5 Å². The Kier molecular flexibility index (Phi) is 5.74. The van der Waals surface area contributed by atoms with Crippen molar-refractivity contribution in [3.63, 3.8) is 0 Å². The molecule has 2 N–H and O–H groups in total. The maximum Gasteiger partial charge on any atom is 0.316 e. The number of ether oxygens (including phenoxy) is 1. The van der Waals surface area contributed by atoms with Gasteiger partial charge in [0.2, 0.25) is 0 Å². The summed E-state index contributed by atoms with van der Waals surface area (Å²) in [5.41, 5.74) is 0. The molecule has 2 fully saturated rings. The third-order valence-corrected chi connectivity index (χ3v) is 4.91. The molecule has 23 heavy (non-hydrogen) atoms. The summed E-state index contributed by atoms with van der Waals surface area (Å²) >= 11 is 0. The molecule has 0 aliphatic heterocycles. The van der Waals surface area contributed by atoms with E-state index in [2.05, 4.69) is 0 Å². The van der Waals surface area contributed by atoms with Crippen molar-refractivity contribution >= 4 is 23.9 Å². The zero-order chi connectivity index (χ0) is 17.0. The van der Waals surface area contributed by atoms with Crippen LogP contribution in [0.2, 0.25) is 0 Å². The normalized spacial score (nSPS) is 31.1. The van der Waals surface area contributed by atoms with Crippen LogP contribution >= 0.6 is 0 Å². The molecule has 2 aliphatic rings. The highest BCUT2D eigenvalue weighted by molar-refractivity contribution is 5.88. The highest BCUT2D eigenvalue weighted by Crippen LogP contribution is 2.32. The predicted octanol–water partition coefficient (Wildman–Crippen LogP) is 1.84. The average molecular weight is 326 g/mol. The van der Waals surface area contributed by atoms with Crippen molar-refractivity contribution < 1.29 is 34.1 Å². The van der Waals surface area contributed by atoms with Crippen LogP contribution in [0.1, 0.15) is 51.4 Å². The number of carboxylic acids is 2. The lowest BCUT2D eigenvalue weighted by atomic mass is 9.81. The van der Waals surface area contributed by atoms with Crippen LogP contribution in [0.5, 0.6) is 0 Å². The summed E-state index contributed by atoms with van der Waals surface area (Å²) < 4.78 is 4.92. The van der Waals surface area contributed by atoms with Gasteiger partial charge in [-0.1, -0.05) is 12.8 Å². The molecule has 0 bridgehead atoms. The Bertz CT molecular complexity index is 455. The number of aliphatic carboxylic acids is 2. The van der Waals surface area contributed by atoms with Crippen LogP contribution in [-0.4, -0.2) is 34.1 Å². The summed E-state index contributed by atoms with van der Waals surface area (Å²) in [5, 5.41) is 18.1. The molecule has 0 aromatic rings. The lowest BCUT2D eigenvalue weighted by Gasteiger charge is -2.27. The molecule has 0 radical (unpaired) electrons. The molecule has 2 aliphatic carbocycles. The van der Waals surface area contributed by atoms with Crippen LogP contribution in [-0.2, 0) is 23.9 Å². The van der Waals surface area contributed by atoms with Gasteiger partial charge in [0.05, 0.1) is 23.7 Å². The van der Waals surface area contributed by atoms with Crippen LogP contribution in [0, 0.1) is 23.7 Å². The van der Waals surface area contributed by atoms with Crippen LogP contribution in [0.3, 0.4) is 0 Å². The van der Waals surface area contributed by atoms with E-state index in [1.165, 1.54) is 0 Å². The molecule has 0 aromatic carbocycles. The summed E-state index contributed by atoms with van der Waals surface area (Å²) in [6.45, 7) is 0. The summed E-state index contributed by atoms with van der Waals surface area (Å²) in [6, 6.07) is 0. The van der Waals surface area contributed by atoms with E-state index in [9.17, 15) is 19.2 Å². The van der Waals surface area contributed by atoms with Crippen LogP contribution in [0.15, 0.2) is 0 Å². The van der Waals surface area contributed by atoms with E-state index in [-0.39, 0.29) is 12.8 Å². The SMILES string of the molecule is O=C(O)[C@@H]1CCC[C@H](C(=O)OC(=O)[C@@H]2CCC[C@H](C(=O)O)C2)C1. The van der Waals surface area contributed by atoms with Crippen LogP contribution in [0.25, 0.3) is 0 Å². The van der Waals surface area contributed by atoms with Gasteiger partial charge in [0.15, 0.2) is 0 Å². The molecule has 0 heterocycles. The molecule has 7 nitrogen and oxygen atoms in total. The minimum atomic E-state index is -0.926. The van der Waals surface area contributed by atoms with Crippen molar-refractivity contribution in [2.24, 2.45) is 23.7 Å². The lowest BCUT2D eigenvalue weighted by Crippen LogP contribution is -2.33. The Hall–Kier alpha value is -1.92. The standard InChI is InChI=1S/C16H22O7/c17-13(18)9-3-1-5-11(7-9)15(21)23-16(22)12-6-2-4-10(8-12)14(19)20/h9-12H,1-8H2,(H,17,18)(H,19,20)/t9-,10+,11+,12-. The zero-order valence-corrected chi connectivity index (χ0v) is 12.9. The maximum atomic E-state index is 12.1. The number of carboxylic acid groups (broad SMARTS) is 2. The first-order valence-corrected chi connectivity index (χ1v) is 8.09. The summed E-state index contributed by atoms with van der Waals surface area (Å²) in [4.78, 5) is 46.2. The fraction of sp³-hybridized carbons (Fsp3) is 0.750. The Morgan fingerprint density at radius 3 is 1.35 bits per heavy atom. The van der Waals surface area contributed by atoms with Crippen molar-refractivity contribution in [2.45, 2.75) is 51.4 Å². The molecular weight excluding hydrogens is 304 g/mol. The lowest BCUT2D eigenvalue weighted by molar-refractivity contribution is -0.168. The zero-order valence-electron chi connectivity index (χ0n) is 12.9. The van der Waals surface area contributed by atoms with Gasteiger partial charge in [0.25, 0.3) is 0 Å². The Labute approximate surface area is 134 Å². The Balaban J connectivity index is 1.88. The van der Waals surface area contributed by atoms with Gasteiger partial charge in [0.1, 0.15) is 0 Å². The van der Waals surface area contributed by atoms with E-state index in [1.807, 2.05) is 0 Å². The van der Waals surface area contributed by atoms with Gasteiger partial charge < -0.3 is 14.9 Å². The molecular formula is C16H22O7. The van der Waals surface area contributed by atoms with E-state index in [0.29, 0.717) is 38.5 Å². The highest BCUT2D eigenvalue weighted by Gasteiger charge is 2.36. The third kappa shape index (κ3) is 4.53. The average Bonchev–Trinajstić information content (AvgIpc) is 2.54. The van der Waals surface area contributed by atoms with Crippen molar-refractivity contribution in [2.75, 3.05) is 0 Å². The molecule has 0 saturated heterocycles. The first-order chi connectivity index (χ1) is 10.9. The van der Waals surface area contributed by atoms with Gasteiger partial charge in [0, 0.05) is 0 Å². The first kappa shape index (κ1) is 17.4. The largest absolute Gasteiger partial charge is 0.481 e. The molecule has 0 unspecified atom stereocenters. The first-order valence-electron chi connectivity index (χ1n) is 8.09. The summed E-state index contributed by atoms with van der Waals surface area (Å²) in [5.74, 6) is -5.45. The molecule has 2 saturated carbocycles. The van der Waals surface area contributed by atoms with Gasteiger partial charge in [-0.15, -0.1) is 0 Å². The Morgan fingerprint density at radius 2 is 1.00 bits per heavy atom. The molecule has 0 spiro atoms. The highest BCUT2D eigenvalue weighted by atomic mass is 16.6. The minimum absolute atomic E-state index is 0.198. The van der Waals surface area contributed by atoms with Crippen LogP contribution in [0.4, 0.5) is 0 Å². The second-order valence-corrected chi connectivity index (χ2v) is 6.54. The number of rotatable bonds is 4. The number of hydrogen-bond donors (Lipinski definition) is 2. The monoisotopic (exact) mass is 326 g/mol. The second-order valence-electron chi connectivity index (χ2n) is 6.54. The minimum Gasteiger partial charge on any atom is -0.481 e. The molecule has 7 heteroatoms. The molecule has 128 valence electrons. The second kappa shape index (κ2) is 7.57. The van der Waals surface area contributed by atoms with Crippen LogP contribution < -0.4 is 0 Å². The van der Waals surface area contributed by atoms with Gasteiger partial charge >= 0.3 is 23.9 Å². The summed E-state index contributed by atoms with van der Waals surface area (Å²) in [6.07, 6.45) is 3.77. The molecule has 2 rings (SSSR count). The predicted molar refractivity (Wildman–Crippen MR) is 77.3 cm³/mol. The number of hydrogen-bond acceptors (Lipinski definition) is 5. The van der Waals surface area contributed by atoms with Crippen molar-refractivity contribution in [3.05, 3.63) is 0 Å². The van der Waals surface area contributed by atoms with Crippen molar-refractivity contribution in [3.8, 4) is 0 Å². The van der Waals surface area contributed by atoms with Crippen molar-refractivity contribution in [1.29, 1.82) is 0 Å². The topological polar surface area (TPSA) is 118 Å². The molecule has 0 amide bonds. The van der Waals surface area contributed by atoms with Gasteiger partial charge in [-0.2, -0.15) is 0 Å². The quantitative estimate of drug-likeness (QED) is 0.597. The maximum absolute atomic E-state index is 12.1. The Morgan fingerprint density at radius 1 is 0.652 bits per heavy atom. The van der Waals surface area contributed by atoms with E-state index >= 15 is 0 Å². The van der Waals surface area contributed by atoms with E-state index in [1.54, 1.807) is 0 Å². The molecule has 0 aromatic heterocycles. The number of carbonyl (C=O) groups excluding carboxylic acids is 2. The van der Waals surface area contributed by atoms with Gasteiger partial charge in [-0.25, -0.2) is 0 Å². The van der Waals surface area contributed by atoms with Crippen molar-refractivity contribution in [1.82, 2.24) is 0 Å². The number of carbonyl (C=O) groups is 4. The van der Waals surface area contributed by atoms with Gasteiger partial charge in [-0.05, 0) is 38.5 Å². The van der Waals surface area contributed by atoms with Gasteiger partial charge in [-0.3, -0.25) is 19.2 Å². The third-order valence-electron chi connectivity index (χ3n) is 4.91. The van der Waals surface area contributed by atoms with E-state index in [0.717, 1.165) is 0 Å². The fourth-order valence-corrected chi connectivity index (χ4v) is 3.52. The van der Waals surface area contributed by atoms with E-state index in [4.69, 9.17) is 14.9 Å². The molecule has 4 atom stereocenters. The number of esters is 2. The fourth-order valence-electron chi connectivity index (χ4n) is 3.52. The smallest absolute Gasteiger partial charge is 0.316 e. The summed E-state index contributed by atoms with van der Waals surface area (Å²) in [7, 11) is 0.